The highest BCUT2D eigenvalue weighted by molar-refractivity contribution is 7.13. The highest BCUT2D eigenvalue weighted by atomic mass is 32.1. The van der Waals surface area contributed by atoms with Crippen molar-refractivity contribution in [3.63, 3.8) is 0 Å². The van der Waals surface area contributed by atoms with E-state index in [1.54, 1.807) is 41.8 Å². The zero-order chi connectivity index (χ0) is 26.1. The van der Waals surface area contributed by atoms with Gasteiger partial charge in [-0.25, -0.2) is 0 Å². The molecule has 0 radical (unpaired) electrons. The first-order valence-electron chi connectivity index (χ1n) is 12.3. The summed E-state index contributed by atoms with van der Waals surface area (Å²) in [6, 6.07) is 21.4. The van der Waals surface area contributed by atoms with Crippen molar-refractivity contribution in [1.82, 2.24) is 4.98 Å². The first kappa shape index (κ1) is 24.7. The Morgan fingerprint density at radius 3 is 2.43 bits per heavy atom. The fraction of sp³-hybridized carbons (Fsp3) is 0.194. The van der Waals surface area contributed by atoms with E-state index in [2.05, 4.69) is 42.3 Å². The van der Waals surface area contributed by atoms with Crippen LogP contribution in [0.25, 0.3) is 11.1 Å². The molecule has 3 heterocycles. The van der Waals surface area contributed by atoms with E-state index in [0.717, 1.165) is 23.2 Å². The second-order valence-electron chi connectivity index (χ2n) is 9.41. The Kier molecular flexibility index (Phi) is 6.76. The van der Waals surface area contributed by atoms with Crippen molar-refractivity contribution in [2.75, 3.05) is 16.8 Å². The van der Waals surface area contributed by atoms with Crippen molar-refractivity contribution >= 4 is 45.7 Å². The monoisotopic (exact) mass is 507 g/mol. The second-order valence-corrected chi connectivity index (χ2v) is 10.7. The lowest BCUT2D eigenvalue weighted by molar-refractivity contribution is 0.0986. The molecular formula is C31H29N3O2S. The van der Waals surface area contributed by atoms with E-state index >= 15 is 0 Å². The molecule has 1 N–H and O–H groups in total. The number of anilines is 2. The zero-order valence-corrected chi connectivity index (χ0v) is 22.3. The fourth-order valence-electron chi connectivity index (χ4n) is 4.75. The summed E-state index contributed by atoms with van der Waals surface area (Å²) in [5, 5.41) is 2.92. The predicted molar refractivity (Wildman–Crippen MR) is 152 cm³/mol. The number of carbonyl (C=O) groups is 2. The Morgan fingerprint density at radius 2 is 1.70 bits per heavy atom. The molecule has 5 nitrogen and oxygen atoms in total. The number of nitrogens with zero attached hydrogens (tertiary/aromatic N) is 2. The summed E-state index contributed by atoms with van der Waals surface area (Å²) in [5.74, 6) is -0.271. The number of rotatable bonds is 4. The van der Waals surface area contributed by atoms with Gasteiger partial charge in [-0.2, -0.15) is 0 Å². The summed E-state index contributed by atoms with van der Waals surface area (Å²) in [6.45, 7) is 8.59. The molecule has 0 saturated carbocycles. The molecule has 0 spiro atoms. The predicted octanol–water partition coefficient (Wildman–Crippen LogP) is 7.30. The summed E-state index contributed by atoms with van der Waals surface area (Å²) in [7, 11) is 0. The van der Waals surface area contributed by atoms with Crippen LogP contribution in [0.15, 0.2) is 72.9 Å². The molecule has 1 aliphatic heterocycles. The van der Waals surface area contributed by atoms with Gasteiger partial charge in [0.25, 0.3) is 11.8 Å². The SMILES string of the molecule is CC1=C(c2ccc(C)s2)CCN(C(=O)c2ccc(NC(=O)c3cc(C)cnc3C)cc2)c2ccccc21. The van der Waals surface area contributed by atoms with Gasteiger partial charge >= 0.3 is 0 Å². The average molecular weight is 508 g/mol. The lowest BCUT2D eigenvalue weighted by atomic mass is 9.98. The Labute approximate surface area is 221 Å². The fourth-order valence-corrected chi connectivity index (χ4v) is 5.75. The third-order valence-corrected chi connectivity index (χ3v) is 7.84. The molecule has 37 heavy (non-hydrogen) atoms. The van der Waals surface area contributed by atoms with Gasteiger partial charge in [0.05, 0.1) is 11.3 Å². The Balaban J connectivity index is 1.38. The number of carbonyl (C=O) groups excluding carboxylic acids is 2. The van der Waals surface area contributed by atoms with E-state index < -0.39 is 0 Å². The van der Waals surface area contributed by atoms with Crippen molar-refractivity contribution in [2.45, 2.75) is 34.1 Å². The topological polar surface area (TPSA) is 62.3 Å². The number of hydrogen-bond acceptors (Lipinski definition) is 4. The van der Waals surface area contributed by atoms with Crippen molar-refractivity contribution in [2.24, 2.45) is 0 Å². The first-order chi connectivity index (χ1) is 17.8. The van der Waals surface area contributed by atoms with Crippen molar-refractivity contribution in [1.29, 1.82) is 0 Å². The van der Waals surface area contributed by atoms with E-state index in [9.17, 15) is 9.59 Å². The minimum Gasteiger partial charge on any atom is -0.322 e. The maximum atomic E-state index is 13.7. The van der Waals surface area contributed by atoms with Gasteiger partial charge in [0.15, 0.2) is 0 Å². The molecule has 0 aliphatic carbocycles. The smallest absolute Gasteiger partial charge is 0.258 e. The van der Waals surface area contributed by atoms with Crippen molar-refractivity contribution < 1.29 is 9.59 Å². The minimum absolute atomic E-state index is 0.0551. The van der Waals surface area contributed by atoms with Crippen LogP contribution in [0, 0.1) is 20.8 Å². The summed E-state index contributed by atoms with van der Waals surface area (Å²) >= 11 is 1.79. The largest absolute Gasteiger partial charge is 0.322 e. The van der Waals surface area contributed by atoms with Crippen molar-refractivity contribution in [3.8, 4) is 0 Å². The number of aryl methyl sites for hydroxylation is 3. The Hall–Kier alpha value is -4.03. The summed E-state index contributed by atoms with van der Waals surface area (Å²) in [4.78, 5) is 35.2. The minimum atomic E-state index is -0.216. The van der Waals surface area contributed by atoms with Crippen LogP contribution in [0.1, 0.15) is 60.6 Å². The van der Waals surface area contributed by atoms with E-state index in [4.69, 9.17) is 0 Å². The quantitative estimate of drug-likeness (QED) is 0.315. The number of thiophene rings is 1. The van der Waals surface area contributed by atoms with Crippen LogP contribution in [-0.4, -0.2) is 23.3 Å². The van der Waals surface area contributed by atoms with Crippen LogP contribution in [-0.2, 0) is 0 Å². The lowest BCUT2D eigenvalue weighted by Gasteiger charge is -2.23. The molecule has 0 unspecified atom stereocenters. The second kappa shape index (κ2) is 10.1. The molecule has 5 rings (SSSR count). The number of para-hydroxylation sites is 1. The number of aromatic nitrogens is 1. The zero-order valence-electron chi connectivity index (χ0n) is 21.5. The average Bonchev–Trinajstić information content (AvgIpc) is 3.27. The van der Waals surface area contributed by atoms with Gasteiger partial charge in [-0.15, -0.1) is 11.3 Å². The number of nitrogens with one attached hydrogen (secondary N) is 1. The third-order valence-electron chi connectivity index (χ3n) is 6.78. The molecule has 4 aromatic rings. The van der Waals surface area contributed by atoms with Gasteiger partial charge in [-0.05, 0) is 99.4 Å². The lowest BCUT2D eigenvalue weighted by Crippen LogP contribution is -2.32. The molecule has 0 bridgehead atoms. The molecule has 2 amide bonds. The number of allylic oxidation sites excluding steroid dienone is 1. The number of pyridine rings is 1. The molecular weight excluding hydrogens is 478 g/mol. The van der Waals surface area contributed by atoms with E-state index in [0.29, 0.717) is 29.1 Å². The Morgan fingerprint density at radius 1 is 0.946 bits per heavy atom. The van der Waals surface area contributed by atoms with E-state index in [1.807, 2.05) is 43.0 Å². The molecule has 186 valence electrons. The van der Waals surface area contributed by atoms with E-state index in [1.165, 1.54) is 20.9 Å². The van der Waals surface area contributed by atoms with Crippen LogP contribution in [0.5, 0.6) is 0 Å². The number of benzene rings is 2. The van der Waals surface area contributed by atoms with Gasteiger partial charge in [-0.3, -0.25) is 14.6 Å². The highest BCUT2D eigenvalue weighted by Crippen LogP contribution is 2.40. The van der Waals surface area contributed by atoms with Crippen molar-refractivity contribution in [3.05, 3.63) is 111 Å². The Bertz CT molecular complexity index is 1530. The molecule has 0 atom stereocenters. The van der Waals surface area contributed by atoms with E-state index in [-0.39, 0.29) is 11.8 Å². The van der Waals surface area contributed by atoms with Crippen LogP contribution >= 0.6 is 11.3 Å². The maximum absolute atomic E-state index is 13.7. The van der Waals surface area contributed by atoms with Gasteiger partial charge in [0.2, 0.25) is 0 Å². The molecule has 2 aromatic heterocycles. The standard InChI is InChI=1S/C31H29N3O2S/c1-19-17-27(22(4)32-18-19)30(35)33-24-12-10-23(11-13-24)31(36)34-16-15-26(29-14-9-20(2)37-29)21(3)25-7-5-6-8-28(25)34/h5-14,17-18H,15-16H2,1-4H3,(H,33,35). The van der Waals surface area contributed by atoms with Crippen LogP contribution < -0.4 is 10.2 Å². The maximum Gasteiger partial charge on any atom is 0.258 e. The number of hydrogen-bond donors (Lipinski definition) is 1. The van der Waals surface area contributed by atoms with Crippen LogP contribution in [0.3, 0.4) is 0 Å². The molecule has 1 aliphatic rings. The summed E-state index contributed by atoms with van der Waals surface area (Å²) in [6.07, 6.45) is 2.53. The van der Waals surface area contributed by atoms with Gasteiger partial charge < -0.3 is 10.2 Å². The highest BCUT2D eigenvalue weighted by Gasteiger charge is 2.26. The van der Waals surface area contributed by atoms with Gasteiger partial charge in [0, 0.05) is 45.0 Å². The third kappa shape index (κ3) is 4.98. The first-order valence-corrected chi connectivity index (χ1v) is 13.2. The molecule has 2 aromatic carbocycles. The van der Waals surface area contributed by atoms with Crippen LogP contribution in [0.2, 0.25) is 0 Å². The van der Waals surface area contributed by atoms with Gasteiger partial charge in [0.1, 0.15) is 0 Å². The number of fused-ring (bicyclic) bond motifs is 1. The number of amides is 2. The van der Waals surface area contributed by atoms with Crippen LogP contribution in [0.4, 0.5) is 11.4 Å². The molecule has 6 heteroatoms. The molecule has 0 fully saturated rings. The summed E-state index contributed by atoms with van der Waals surface area (Å²) in [5.41, 5.74) is 7.87. The normalized spacial score (nSPS) is 13.2. The molecule has 0 saturated heterocycles. The van der Waals surface area contributed by atoms with Gasteiger partial charge in [-0.1, -0.05) is 18.2 Å². The summed E-state index contributed by atoms with van der Waals surface area (Å²) < 4.78 is 0.